The average Bonchev–Trinajstić information content (AvgIpc) is 2.92. The first-order valence-electron chi connectivity index (χ1n) is 7.00. The maximum Gasteiger partial charge on any atom is 0.310 e. The Hall–Kier alpha value is -1.86. The highest BCUT2D eigenvalue weighted by Gasteiger charge is 2.44. The summed E-state index contributed by atoms with van der Waals surface area (Å²) in [4.78, 5) is 13.7. The van der Waals surface area contributed by atoms with Crippen molar-refractivity contribution in [1.29, 1.82) is 5.26 Å². The number of hydrogen-bond donors (Lipinski definition) is 1. The van der Waals surface area contributed by atoms with E-state index in [1.807, 2.05) is 31.2 Å². The van der Waals surface area contributed by atoms with Gasteiger partial charge in [0.05, 0.1) is 17.0 Å². The van der Waals surface area contributed by atoms with Crippen LogP contribution in [0.15, 0.2) is 24.3 Å². The molecule has 0 aromatic heterocycles. The minimum absolute atomic E-state index is 0.176. The largest absolute Gasteiger partial charge is 0.481 e. The molecule has 1 aliphatic rings. The van der Waals surface area contributed by atoms with Crippen LogP contribution < -0.4 is 0 Å². The number of likely N-dealkylation sites (tertiary alicyclic amines) is 1. The van der Waals surface area contributed by atoms with Crippen molar-refractivity contribution in [2.45, 2.75) is 32.7 Å². The lowest BCUT2D eigenvalue weighted by atomic mass is 9.84. The Bertz CT molecular complexity index is 532. The van der Waals surface area contributed by atoms with Gasteiger partial charge < -0.3 is 5.11 Å². The fraction of sp³-hybridized carbons (Fsp3) is 0.500. The van der Waals surface area contributed by atoms with E-state index in [4.69, 9.17) is 5.26 Å². The number of benzene rings is 1. The molecule has 1 heterocycles. The number of nitriles is 1. The molecule has 0 spiro atoms. The molecule has 20 heavy (non-hydrogen) atoms. The van der Waals surface area contributed by atoms with Crippen molar-refractivity contribution in [1.82, 2.24) is 4.90 Å². The van der Waals surface area contributed by atoms with Gasteiger partial charge in [-0.2, -0.15) is 5.26 Å². The van der Waals surface area contributed by atoms with E-state index in [0.29, 0.717) is 24.9 Å². The minimum Gasteiger partial charge on any atom is -0.481 e. The number of rotatable bonds is 4. The van der Waals surface area contributed by atoms with Crippen LogP contribution in [0.2, 0.25) is 0 Å². The van der Waals surface area contributed by atoms with E-state index in [1.54, 1.807) is 0 Å². The predicted octanol–water partition coefficient (Wildman–Crippen LogP) is 2.81. The van der Waals surface area contributed by atoms with E-state index in [9.17, 15) is 9.90 Å². The fourth-order valence-corrected chi connectivity index (χ4v) is 2.90. The smallest absolute Gasteiger partial charge is 0.310 e. The summed E-state index contributed by atoms with van der Waals surface area (Å²) >= 11 is 0. The molecule has 4 heteroatoms. The number of carboxylic acid groups (broad SMARTS) is 1. The summed E-state index contributed by atoms with van der Waals surface area (Å²) in [5.74, 6) is -0.686. The maximum absolute atomic E-state index is 11.5. The van der Waals surface area contributed by atoms with E-state index in [2.05, 4.69) is 17.9 Å². The lowest BCUT2D eigenvalue weighted by molar-refractivity contribution is -0.148. The molecular weight excluding hydrogens is 252 g/mol. The zero-order valence-electron chi connectivity index (χ0n) is 12.0. The fourth-order valence-electron chi connectivity index (χ4n) is 2.90. The lowest BCUT2D eigenvalue weighted by Crippen LogP contribution is -2.35. The summed E-state index contributed by atoms with van der Waals surface area (Å²) in [5.41, 5.74) is 1.18. The Labute approximate surface area is 119 Å². The van der Waals surface area contributed by atoms with Crippen molar-refractivity contribution in [2.24, 2.45) is 5.41 Å². The summed E-state index contributed by atoms with van der Waals surface area (Å²) in [6.45, 7) is 5.44. The normalized spacial score (nSPS) is 24.2. The van der Waals surface area contributed by atoms with Crippen molar-refractivity contribution < 1.29 is 9.90 Å². The predicted molar refractivity (Wildman–Crippen MR) is 76.1 cm³/mol. The van der Waals surface area contributed by atoms with E-state index >= 15 is 0 Å². The molecule has 2 unspecified atom stereocenters. The third-order valence-electron chi connectivity index (χ3n) is 4.58. The SMILES string of the molecule is CCC1(C(=O)O)CCN(C(C)c2ccc(C#N)cc2)C1. The molecule has 1 fully saturated rings. The molecule has 1 saturated heterocycles. The second kappa shape index (κ2) is 5.64. The number of hydrogen-bond acceptors (Lipinski definition) is 3. The quantitative estimate of drug-likeness (QED) is 0.915. The van der Waals surface area contributed by atoms with Gasteiger partial charge in [-0.1, -0.05) is 19.1 Å². The van der Waals surface area contributed by atoms with Gasteiger partial charge in [-0.05, 0) is 44.0 Å². The van der Waals surface area contributed by atoms with Gasteiger partial charge in [-0.15, -0.1) is 0 Å². The van der Waals surface area contributed by atoms with Gasteiger partial charge in [0, 0.05) is 12.6 Å². The van der Waals surface area contributed by atoms with Crippen LogP contribution >= 0.6 is 0 Å². The zero-order chi connectivity index (χ0) is 14.8. The van der Waals surface area contributed by atoms with Crippen molar-refractivity contribution in [3.63, 3.8) is 0 Å². The van der Waals surface area contributed by atoms with Crippen LogP contribution in [0.25, 0.3) is 0 Å². The molecule has 1 N–H and O–H groups in total. The summed E-state index contributed by atoms with van der Waals surface area (Å²) in [7, 11) is 0. The summed E-state index contributed by atoms with van der Waals surface area (Å²) in [6, 6.07) is 9.82. The Morgan fingerprint density at radius 2 is 2.15 bits per heavy atom. The van der Waals surface area contributed by atoms with Crippen LogP contribution in [-0.4, -0.2) is 29.1 Å². The highest BCUT2D eigenvalue weighted by Crippen LogP contribution is 2.38. The van der Waals surface area contributed by atoms with Gasteiger partial charge in [-0.3, -0.25) is 9.69 Å². The molecule has 1 aromatic rings. The van der Waals surface area contributed by atoms with Crippen LogP contribution in [0, 0.1) is 16.7 Å². The van der Waals surface area contributed by atoms with Crippen molar-refractivity contribution in [2.75, 3.05) is 13.1 Å². The molecule has 106 valence electrons. The Morgan fingerprint density at radius 3 is 2.60 bits per heavy atom. The monoisotopic (exact) mass is 272 g/mol. The number of nitrogens with zero attached hydrogens (tertiary/aromatic N) is 2. The van der Waals surface area contributed by atoms with Gasteiger partial charge in [0.25, 0.3) is 0 Å². The Morgan fingerprint density at radius 1 is 1.50 bits per heavy atom. The summed E-state index contributed by atoms with van der Waals surface area (Å²) in [5, 5.41) is 18.3. The molecule has 0 aliphatic carbocycles. The van der Waals surface area contributed by atoms with Gasteiger partial charge in [0.1, 0.15) is 0 Å². The molecule has 0 saturated carbocycles. The highest BCUT2D eigenvalue weighted by molar-refractivity contribution is 5.75. The van der Waals surface area contributed by atoms with E-state index in [0.717, 1.165) is 12.1 Å². The van der Waals surface area contributed by atoms with Gasteiger partial charge in [0.2, 0.25) is 0 Å². The molecule has 1 aliphatic heterocycles. The van der Waals surface area contributed by atoms with Crippen LogP contribution in [0.3, 0.4) is 0 Å². The van der Waals surface area contributed by atoms with Crippen LogP contribution in [0.4, 0.5) is 0 Å². The molecule has 1 aromatic carbocycles. The Kier molecular flexibility index (Phi) is 4.10. The molecule has 0 amide bonds. The first-order chi connectivity index (χ1) is 9.52. The van der Waals surface area contributed by atoms with E-state index in [1.165, 1.54) is 0 Å². The van der Waals surface area contributed by atoms with Gasteiger partial charge in [-0.25, -0.2) is 0 Å². The number of aliphatic carboxylic acids is 1. The summed E-state index contributed by atoms with van der Waals surface area (Å²) < 4.78 is 0. The molecule has 2 rings (SSSR count). The topological polar surface area (TPSA) is 64.3 Å². The van der Waals surface area contributed by atoms with E-state index < -0.39 is 11.4 Å². The highest BCUT2D eigenvalue weighted by atomic mass is 16.4. The first-order valence-corrected chi connectivity index (χ1v) is 7.00. The molecule has 0 radical (unpaired) electrons. The number of carbonyl (C=O) groups is 1. The second-order valence-corrected chi connectivity index (χ2v) is 5.57. The van der Waals surface area contributed by atoms with Crippen LogP contribution in [-0.2, 0) is 4.79 Å². The Balaban J connectivity index is 2.13. The minimum atomic E-state index is -0.686. The van der Waals surface area contributed by atoms with Crippen molar-refractivity contribution >= 4 is 5.97 Å². The number of carboxylic acids is 1. The van der Waals surface area contributed by atoms with Crippen LogP contribution in [0.5, 0.6) is 0 Å². The average molecular weight is 272 g/mol. The molecule has 0 bridgehead atoms. The van der Waals surface area contributed by atoms with Crippen molar-refractivity contribution in [3.8, 4) is 6.07 Å². The third-order valence-corrected chi connectivity index (χ3v) is 4.58. The van der Waals surface area contributed by atoms with Gasteiger partial charge >= 0.3 is 5.97 Å². The summed E-state index contributed by atoms with van der Waals surface area (Å²) in [6.07, 6.45) is 1.37. The van der Waals surface area contributed by atoms with Crippen molar-refractivity contribution in [3.05, 3.63) is 35.4 Å². The zero-order valence-corrected chi connectivity index (χ0v) is 12.0. The van der Waals surface area contributed by atoms with Gasteiger partial charge in [0.15, 0.2) is 0 Å². The standard InChI is InChI=1S/C16H20N2O2/c1-3-16(15(19)20)8-9-18(11-16)12(2)14-6-4-13(10-17)5-7-14/h4-7,12H,3,8-9,11H2,1-2H3,(H,19,20). The molecule has 4 nitrogen and oxygen atoms in total. The maximum atomic E-state index is 11.5. The third kappa shape index (κ3) is 2.54. The molecular formula is C16H20N2O2. The lowest BCUT2D eigenvalue weighted by Gasteiger charge is -2.27. The van der Waals surface area contributed by atoms with E-state index in [-0.39, 0.29) is 6.04 Å². The second-order valence-electron chi connectivity index (χ2n) is 5.57. The first kappa shape index (κ1) is 14.5. The van der Waals surface area contributed by atoms with Crippen LogP contribution in [0.1, 0.15) is 43.9 Å². The molecule has 2 atom stereocenters.